The minimum atomic E-state index is -1.04. The van der Waals surface area contributed by atoms with Gasteiger partial charge in [-0.25, -0.2) is 4.79 Å². The fourth-order valence-corrected chi connectivity index (χ4v) is 3.08. The molecule has 0 aliphatic rings. The molecule has 172 valence electrons. The van der Waals surface area contributed by atoms with Gasteiger partial charge in [0.05, 0.1) is 13.7 Å². The van der Waals surface area contributed by atoms with E-state index in [1.165, 1.54) is 6.92 Å². The number of hydrogen-bond acceptors (Lipinski definition) is 6. The molecule has 32 heavy (non-hydrogen) atoms. The summed E-state index contributed by atoms with van der Waals surface area (Å²) in [6, 6.07) is 13.4. The van der Waals surface area contributed by atoms with Crippen molar-refractivity contribution in [3.05, 3.63) is 65.2 Å². The second kappa shape index (κ2) is 13.2. The molecule has 0 saturated heterocycles. The average Bonchev–Trinajstić information content (AvgIpc) is 2.78. The molecule has 0 N–H and O–H groups in total. The zero-order valence-corrected chi connectivity index (χ0v) is 19.3. The highest BCUT2D eigenvalue weighted by atomic mass is 16.6. The SMILES string of the molecule is CCCC=Cc1ccc(OCc2ccc(OC)cc2)c(CC(OC(C)=O)C(=O)OCC)c1. The van der Waals surface area contributed by atoms with Crippen LogP contribution in [-0.2, 0) is 32.1 Å². The highest BCUT2D eigenvalue weighted by Gasteiger charge is 2.25. The lowest BCUT2D eigenvalue weighted by Gasteiger charge is -2.18. The van der Waals surface area contributed by atoms with E-state index in [4.69, 9.17) is 18.9 Å². The number of carbonyl (C=O) groups excluding carboxylic acids is 2. The molecule has 0 amide bonds. The Bertz CT molecular complexity index is 901. The molecular weight excluding hydrogens is 408 g/mol. The number of rotatable bonds is 12. The van der Waals surface area contributed by atoms with E-state index < -0.39 is 18.0 Å². The van der Waals surface area contributed by atoms with E-state index in [9.17, 15) is 9.59 Å². The van der Waals surface area contributed by atoms with Crippen LogP contribution in [0.3, 0.4) is 0 Å². The van der Waals surface area contributed by atoms with Crippen molar-refractivity contribution in [1.29, 1.82) is 0 Å². The fourth-order valence-electron chi connectivity index (χ4n) is 3.08. The Hall–Kier alpha value is -3.28. The maximum absolute atomic E-state index is 12.4. The van der Waals surface area contributed by atoms with Crippen LogP contribution in [0.25, 0.3) is 6.08 Å². The van der Waals surface area contributed by atoms with Crippen LogP contribution in [0.1, 0.15) is 50.3 Å². The molecule has 0 aliphatic carbocycles. The number of unbranched alkanes of at least 4 members (excludes halogenated alkanes) is 1. The van der Waals surface area contributed by atoms with Crippen LogP contribution in [0.15, 0.2) is 48.5 Å². The van der Waals surface area contributed by atoms with E-state index in [1.54, 1.807) is 14.0 Å². The van der Waals surface area contributed by atoms with E-state index in [1.807, 2.05) is 48.5 Å². The minimum Gasteiger partial charge on any atom is -0.497 e. The smallest absolute Gasteiger partial charge is 0.347 e. The van der Waals surface area contributed by atoms with Crippen molar-refractivity contribution in [3.8, 4) is 11.5 Å². The van der Waals surface area contributed by atoms with Gasteiger partial charge in [-0.3, -0.25) is 4.79 Å². The van der Waals surface area contributed by atoms with Crippen LogP contribution in [0.2, 0.25) is 0 Å². The Morgan fingerprint density at radius 2 is 1.81 bits per heavy atom. The first-order valence-corrected chi connectivity index (χ1v) is 10.9. The highest BCUT2D eigenvalue weighted by Crippen LogP contribution is 2.25. The molecule has 0 heterocycles. The van der Waals surface area contributed by atoms with Crippen LogP contribution in [0.4, 0.5) is 0 Å². The molecule has 0 fully saturated rings. The topological polar surface area (TPSA) is 71.1 Å². The monoisotopic (exact) mass is 440 g/mol. The summed E-state index contributed by atoms with van der Waals surface area (Å²) in [7, 11) is 1.62. The standard InChI is InChI=1S/C26H32O6/c1-5-7-8-9-20-12-15-24(31-18-21-10-13-23(29-4)14-11-21)22(16-20)17-25(32-19(3)27)26(28)30-6-2/h8-16,25H,5-7,17-18H2,1-4H3. The molecule has 6 nitrogen and oxygen atoms in total. The van der Waals surface area contributed by atoms with Gasteiger partial charge in [0.15, 0.2) is 0 Å². The predicted octanol–water partition coefficient (Wildman–Crippen LogP) is 5.12. The van der Waals surface area contributed by atoms with E-state index in [0.29, 0.717) is 12.4 Å². The Kier molecular flexibility index (Phi) is 10.3. The Morgan fingerprint density at radius 3 is 2.44 bits per heavy atom. The summed E-state index contributed by atoms with van der Waals surface area (Å²) in [5, 5.41) is 0. The van der Waals surface area contributed by atoms with Crippen molar-refractivity contribution < 1.29 is 28.5 Å². The van der Waals surface area contributed by atoms with E-state index in [0.717, 1.165) is 35.3 Å². The molecule has 0 aromatic heterocycles. The molecule has 2 aromatic carbocycles. The number of allylic oxidation sites excluding steroid dienone is 1. The number of esters is 2. The molecule has 2 rings (SSSR count). The molecule has 0 bridgehead atoms. The highest BCUT2D eigenvalue weighted by molar-refractivity contribution is 5.79. The molecule has 0 saturated carbocycles. The summed E-state index contributed by atoms with van der Waals surface area (Å²) in [5.41, 5.74) is 2.72. The maximum Gasteiger partial charge on any atom is 0.347 e. The second-order valence-electron chi connectivity index (χ2n) is 7.25. The lowest BCUT2D eigenvalue weighted by Crippen LogP contribution is -2.30. The van der Waals surface area contributed by atoms with Gasteiger partial charge in [0.2, 0.25) is 6.10 Å². The largest absolute Gasteiger partial charge is 0.497 e. The van der Waals surface area contributed by atoms with Gasteiger partial charge in [-0.1, -0.05) is 43.7 Å². The number of methoxy groups -OCH3 is 1. The van der Waals surface area contributed by atoms with Gasteiger partial charge in [-0.2, -0.15) is 0 Å². The summed E-state index contributed by atoms with van der Waals surface area (Å²) >= 11 is 0. The Labute approximate surface area is 190 Å². The Balaban J connectivity index is 2.27. The molecule has 0 aliphatic heterocycles. The molecule has 1 atom stereocenters. The van der Waals surface area contributed by atoms with Crippen molar-refractivity contribution >= 4 is 18.0 Å². The predicted molar refractivity (Wildman–Crippen MR) is 124 cm³/mol. The van der Waals surface area contributed by atoms with Crippen molar-refractivity contribution in [3.63, 3.8) is 0 Å². The number of hydrogen-bond donors (Lipinski definition) is 0. The Morgan fingerprint density at radius 1 is 1.06 bits per heavy atom. The third kappa shape index (κ3) is 8.10. The lowest BCUT2D eigenvalue weighted by atomic mass is 10.0. The zero-order chi connectivity index (χ0) is 23.3. The number of carbonyl (C=O) groups is 2. The van der Waals surface area contributed by atoms with Crippen LogP contribution in [0.5, 0.6) is 11.5 Å². The van der Waals surface area contributed by atoms with Crippen LogP contribution < -0.4 is 9.47 Å². The average molecular weight is 441 g/mol. The summed E-state index contributed by atoms with van der Waals surface area (Å²) in [6.07, 6.45) is 5.29. The molecular formula is C26H32O6. The van der Waals surface area contributed by atoms with Crippen molar-refractivity contribution in [2.75, 3.05) is 13.7 Å². The zero-order valence-electron chi connectivity index (χ0n) is 19.3. The third-order valence-electron chi connectivity index (χ3n) is 4.67. The first-order valence-electron chi connectivity index (χ1n) is 10.9. The van der Waals surface area contributed by atoms with Crippen LogP contribution in [-0.4, -0.2) is 31.8 Å². The number of ether oxygens (including phenoxy) is 4. The molecule has 2 aromatic rings. The maximum atomic E-state index is 12.4. The van der Waals surface area contributed by atoms with Gasteiger partial charge in [-0.05, 0) is 54.3 Å². The van der Waals surface area contributed by atoms with Crippen LogP contribution in [0, 0.1) is 0 Å². The van der Waals surface area contributed by atoms with Gasteiger partial charge in [-0.15, -0.1) is 0 Å². The quantitative estimate of drug-likeness (QED) is 0.427. The van der Waals surface area contributed by atoms with E-state index in [-0.39, 0.29) is 13.0 Å². The van der Waals surface area contributed by atoms with E-state index in [2.05, 4.69) is 13.0 Å². The van der Waals surface area contributed by atoms with Gasteiger partial charge < -0.3 is 18.9 Å². The third-order valence-corrected chi connectivity index (χ3v) is 4.67. The van der Waals surface area contributed by atoms with Gasteiger partial charge >= 0.3 is 11.9 Å². The van der Waals surface area contributed by atoms with E-state index >= 15 is 0 Å². The lowest BCUT2D eigenvalue weighted by molar-refractivity contribution is -0.166. The minimum absolute atomic E-state index is 0.159. The fraction of sp³-hybridized carbons (Fsp3) is 0.385. The summed E-state index contributed by atoms with van der Waals surface area (Å²) < 4.78 is 21.6. The van der Waals surface area contributed by atoms with Gasteiger partial charge in [0.1, 0.15) is 18.1 Å². The van der Waals surface area contributed by atoms with Crippen molar-refractivity contribution in [2.45, 2.75) is 52.7 Å². The molecule has 0 spiro atoms. The second-order valence-corrected chi connectivity index (χ2v) is 7.25. The molecule has 6 heteroatoms. The summed E-state index contributed by atoms with van der Waals surface area (Å²) in [5.74, 6) is 0.282. The first-order chi connectivity index (χ1) is 15.5. The van der Waals surface area contributed by atoms with Crippen LogP contribution >= 0.6 is 0 Å². The van der Waals surface area contributed by atoms with Gasteiger partial charge in [0.25, 0.3) is 0 Å². The molecule has 1 unspecified atom stereocenters. The van der Waals surface area contributed by atoms with Crippen molar-refractivity contribution in [1.82, 2.24) is 0 Å². The first kappa shape index (κ1) is 25.0. The normalized spacial score (nSPS) is 11.8. The van der Waals surface area contributed by atoms with Crippen molar-refractivity contribution in [2.24, 2.45) is 0 Å². The summed E-state index contributed by atoms with van der Waals surface area (Å²) in [4.78, 5) is 23.9. The summed E-state index contributed by atoms with van der Waals surface area (Å²) in [6.45, 7) is 5.66. The number of benzene rings is 2. The van der Waals surface area contributed by atoms with Gasteiger partial charge in [0, 0.05) is 13.3 Å². The molecule has 0 radical (unpaired) electrons.